The molecule has 116 valence electrons. The number of nitrogens with one attached hydrogen (secondary N) is 1. The molecule has 0 aliphatic carbocycles. The first-order chi connectivity index (χ1) is 10.1. The third-order valence-corrected chi connectivity index (χ3v) is 5.92. The molecule has 1 N–H and O–H groups in total. The minimum Gasteiger partial charge on any atom is -0.311 e. The summed E-state index contributed by atoms with van der Waals surface area (Å²) in [5.74, 6) is 0.779. The average Bonchev–Trinajstić information content (AvgIpc) is 2.83. The van der Waals surface area contributed by atoms with Crippen molar-refractivity contribution >= 4 is 11.8 Å². The molecule has 3 unspecified atom stereocenters. The quantitative estimate of drug-likeness (QED) is 0.917. The van der Waals surface area contributed by atoms with Gasteiger partial charge in [-0.2, -0.15) is 0 Å². The second-order valence-electron chi connectivity index (χ2n) is 7.10. The standard InChI is InChI=1S/C18H28N2S/c1-13(2)8-16-10-19-14(3)11-20(16)12-17-9-15-6-4-5-7-18(15)21-17/h4-7,13-14,16-17,19H,8-12H2,1-3H3. The molecule has 1 fully saturated rings. The molecule has 3 heteroatoms. The van der Waals surface area contributed by atoms with Crippen LogP contribution in [0.25, 0.3) is 0 Å². The van der Waals surface area contributed by atoms with E-state index < -0.39 is 0 Å². The molecule has 0 spiro atoms. The third-order valence-electron chi connectivity index (χ3n) is 4.62. The van der Waals surface area contributed by atoms with Crippen LogP contribution in [-0.2, 0) is 6.42 Å². The first-order valence-electron chi connectivity index (χ1n) is 8.34. The highest BCUT2D eigenvalue weighted by molar-refractivity contribution is 8.00. The van der Waals surface area contributed by atoms with Crippen LogP contribution in [0, 0.1) is 5.92 Å². The van der Waals surface area contributed by atoms with Crippen LogP contribution in [0.4, 0.5) is 0 Å². The van der Waals surface area contributed by atoms with Crippen molar-refractivity contribution in [3.8, 4) is 0 Å². The molecule has 1 saturated heterocycles. The Labute approximate surface area is 133 Å². The molecule has 21 heavy (non-hydrogen) atoms. The van der Waals surface area contributed by atoms with Gasteiger partial charge in [-0.3, -0.25) is 4.90 Å². The Morgan fingerprint density at radius 2 is 2.14 bits per heavy atom. The van der Waals surface area contributed by atoms with Crippen molar-refractivity contribution in [2.24, 2.45) is 5.92 Å². The van der Waals surface area contributed by atoms with E-state index in [0.29, 0.717) is 12.1 Å². The molecule has 2 heterocycles. The maximum atomic E-state index is 3.66. The van der Waals surface area contributed by atoms with E-state index in [4.69, 9.17) is 0 Å². The van der Waals surface area contributed by atoms with Gasteiger partial charge in [-0.1, -0.05) is 32.0 Å². The van der Waals surface area contributed by atoms with Crippen LogP contribution in [-0.4, -0.2) is 41.9 Å². The van der Waals surface area contributed by atoms with Crippen molar-refractivity contribution in [3.63, 3.8) is 0 Å². The van der Waals surface area contributed by atoms with E-state index in [1.54, 1.807) is 5.56 Å². The van der Waals surface area contributed by atoms with Crippen LogP contribution in [0.5, 0.6) is 0 Å². The number of hydrogen-bond donors (Lipinski definition) is 1. The number of fused-ring (bicyclic) bond motifs is 1. The minimum atomic E-state index is 0.627. The molecule has 0 saturated carbocycles. The highest BCUT2D eigenvalue weighted by Gasteiger charge is 2.30. The van der Waals surface area contributed by atoms with Crippen molar-refractivity contribution in [2.75, 3.05) is 19.6 Å². The van der Waals surface area contributed by atoms with E-state index in [1.165, 1.54) is 30.8 Å². The predicted molar refractivity (Wildman–Crippen MR) is 92.1 cm³/mol. The Hall–Kier alpha value is -0.510. The van der Waals surface area contributed by atoms with Gasteiger partial charge in [0.25, 0.3) is 0 Å². The Morgan fingerprint density at radius 3 is 2.90 bits per heavy atom. The first-order valence-corrected chi connectivity index (χ1v) is 9.21. The fraction of sp³-hybridized carbons (Fsp3) is 0.667. The van der Waals surface area contributed by atoms with E-state index in [1.807, 2.05) is 0 Å². The fourth-order valence-corrected chi connectivity index (χ4v) is 5.00. The van der Waals surface area contributed by atoms with E-state index >= 15 is 0 Å². The van der Waals surface area contributed by atoms with Gasteiger partial charge in [-0.25, -0.2) is 0 Å². The zero-order valence-corrected chi connectivity index (χ0v) is 14.3. The Morgan fingerprint density at radius 1 is 1.33 bits per heavy atom. The molecule has 0 bridgehead atoms. The van der Waals surface area contributed by atoms with Gasteiger partial charge in [0.15, 0.2) is 0 Å². The largest absolute Gasteiger partial charge is 0.311 e. The second-order valence-corrected chi connectivity index (χ2v) is 8.44. The van der Waals surface area contributed by atoms with Crippen molar-refractivity contribution in [3.05, 3.63) is 29.8 Å². The Bertz CT molecular complexity index is 449. The van der Waals surface area contributed by atoms with Crippen LogP contribution in [0.15, 0.2) is 29.2 Å². The summed E-state index contributed by atoms with van der Waals surface area (Å²) in [6, 6.07) is 10.3. The maximum absolute atomic E-state index is 3.66. The van der Waals surface area contributed by atoms with E-state index in [9.17, 15) is 0 Å². The van der Waals surface area contributed by atoms with Crippen molar-refractivity contribution in [2.45, 2.75) is 55.8 Å². The average molecular weight is 305 g/mol. The molecule has 0 amide bonds. The first kappa shape index (κ1) is 15.4. The van der Waals surface area contributed by atoms with Gasteiger partial charge in [0.05, 0.1) is 0 Å². The molecule has 0 radical (unpaired) electrons. The lowest BCUT2D eigenvalue weighted by Crippen LogP contribution is -2.57. The van der Waals surface area contributed by atoms with E-state index in [2.05, 4.69) is 67.0 Å². The summed E-state index contributed by atoms with van der Waals surface area (Å²) < 4.78 is 0. The monoisotopic (exact) mass is 304 g/mol. The lowest BCUT2D eigenvalue weighted by molar-refractivity contribution is 0.119. The van der Waals surface area contributed by atoms with Crippen LogP contribution in [0.1, 0.15) is 32.8 Å². The van der Waals surface area contributed by atoms with Crippen molar-refractivity contribution < 1.29 is 0 Å². The molecule has 1 aromatic rings. The highest BCUT2D eigenvalue weighted by Crippen LogP contribution is 2.37. The van der Waals surface area contributed by atoms with Crippen LogP contribution in [0.3, 0.4) is 0 Å². The van der Waals surface area contributed by atoms with Gasteiger partial charge < -0.3 is 5.32 Å². The summed E-state index contributed by atoms with van der Waals surface area (Å²) in [7, 11) is 0. The summed E-state index contributed by atoms with van der Waals surface area (Å²) >= 11 is 2.09. The summed E-state index contributed by atoms with van der Waals surface area (Å²) in [5, 5.41) is 4.40. The molecule has 2 aliphatic rings. The van der Waals surface area contributed by atoms with Gasteiger partial charge in [-0.15, -0.1) is 11.8 Å². The topological polar surface area (TPSA) is 15.3 Å². The van der Waals surface area contributed by atoms with Crippen LogP contribution >= 0.6 is 11.8 Å². The SMILES string of the molecule is CC(C)CC1CNC(C)CN1CC1Cc2ccccc2S1. The van der Waals surface area contributed by atoms with Crippen molar-refractivity contribution in [1.82, 2.24) is 10.2 Å². The maximum Gasteiger partial charge on any atom is 0.0263 e. The van der Waals surface area contributed by atoms with Gasteiger partial charge in [-0.05, 0) is 37.3 Å². The lowest BCUT2D eigenvalue weighted by atomic mass is 9.98. The number of hydrogen-bond acceptors (Lipinski definition) is 3. The summed E-state index contributed by atoms with van der Waals surface area (Å²) in [6.45, 7) is 10.6. The molecule has 3 atom stereocenters. The van der Waals surface area contributed by atoms with Gasteiger partial charge in [0, 0.05) is 41.9 Å². The lowest BCUT2D eigenvalue weighted by Gasteiger charge is -2.41. The minimum absolute atomic E-state index is 0.627. The third kappa shape index (κ3) is 3.82. The molecule has 1 aromatic carbocycles. The summed E-state index contributed by atoms with van der Waals surface area (Å²) in [6.07, 6.45) is 2.55. The second kappa shape index (κ2) is 6.72. The Balaban J connectivity index is 1.62. The van der Waals surface area contributed by atoms with E-state index in [-0.39, 0.29) is 0 Å². The van der Waals surface area contributed by atoms with Crippen LogP contribution < -0.4 is 5.32 Å². The van der Waals surface area contributed by atoms with Gasteiger partial charge in [0.2, 0.25) is 0 Å². The molecule has 2 nitrogen and oxygen atoms in total. The number of benzene rings is 1. The van der Waals surface area contributed by atoms with Gasteiger partial charge >= 0.3 is 0 Å². The molecule has 0 aromatic heterocycles. The summed E-state index contributed by atoms with van der Waals surface area (Å²) in [4.78, 5) is 4.26. The molecule has 3 rings (SSSR count). The molecule has 2 aliphatic heterocycles. The smallest absolute Gasteiger partial charge is 0.0263 e. The van der Waals surface area contributed by atoms with Crippen molar-refractivity contribution in [1.29, 1.82) is 0 Å². The fourth-order valence-electron chi connectivity index (χ4n) is 3.65. The zero-order chi connectivity index (χ0) is 14.8. The number of nitrogens with zero attached hydrogens (tertiary/aromatic N) is 1. The highest BCUT2D eigenvalue weighted by atomic mass is 32.2. The Kier molecular flexibility index (Phi) is 4.92. The van der Waals surface area contributed by atoms with E-state index in [0.717, 1.165) is 17.7 Å². The zero-order valence-electron chi connectivity index (χ0n) is 13.5. The normalized spacial score (nSPS) is 29.8. The number of rotatable bonds is 4. The van der Waals surface area contributed by atoms with Crippen LogP contribution in [0.2, 0.25) is 0 Å². The van der Waals surface area contributed by atoms with Gasteiger partial charge in [0.1, 0.15) is 0 Å². The summed E-state index contributed by atoms with van der Waals surface area (Å²) in [5.41, 5.74) is 1.55. The predicted octanol–water partition coefficient (Wildman–Crippen LogP) is 3.41. The molecular weight excluding hydrogens is 276 g/mol. The number of thioether (sulfide) groups is 1. The number of piperazine rings is 1. The molecular formula is C18H28N2S.